The number of cyclic esters (lactones) is 1. The summed E-state index contributed by atoms with van der Waals surface area (Å²) in [5.41, 5.74) is 1.90. The van der Waals surface area contributed by atoms with Gasteiger partial charge in [0, 0.05) is 23.3 Å². The molecule has 4 rings (SSSR count). The molecule has 0 bridgehead atoms. The number of nitrogens with zero attached hydrogens (tertiary/aromatic N) is 6. The number of benzene rings is 1. The molecule has 2 atom stereocenters. The zero-order valence-electron chi connectivity index (χ0n) is 14.2. The Balaban J connectivity index is 1.56. The van der Waals surface area contributed by atoms with E-state index >= 15 is 0 Å². The molecule has 8 heteroatoms. The second kappa shape index (κ2) is 6.19. The van der Waals surface area contributed by atoms with Gasteiger partial charge >= 0.3 is 6.09 Å². The lowest BCUT2D eigenvalue weighted by Gasteiger charge is -2.14. The first-order valence-electron chi connectivity index (χ1n) is 8.45. The van der Waals surface area contributed by atoms with Gasteiger partial charge in [0.1, 0.15) is 6.10 Å². The second-order valence-electron chi connectivity index (χ2n) is 6.33. The third-order valence-electron chi connectivity index (χ3n) is 4.64. The van der Waals surface area contributed by atoms with Crippen molar-refractivity contribution in [1.82, 2.24) is 24.8 Å². The lowest BCUT2D eigenvalue weighted by Crippen LogP contribution is -2.26. The van der Waals surface area contributed by atoms with Crippen LogP contribution in [0.5, 0.6) is 0 Å². The number of rotatable bonds is 5. The van der Waals surface area contributed by atoms with Crippen LogP contribution < -0.4 is 4.90 Å². The van der Waals surface area contributed by atoms with Gasteiger partial charge in [-0.25, -0.2) is 9.48 Å². The number of anilines is 1. The van der Waals surface area contributed by atoms with Gasteiger partial charge in [-0.1, -0.05) is 12.1 Å². The Morgan fingerprint density at radius 3 is 3.04 bits per heavy atom. The van der Waals surface area contributed by atoms with E-state index in [2.05, 4.69) is 29.3 Å². The molecule has 130 valence electrons. The van der Waals surface area contributed by atoms with Crippen molar-refractivity contribution in [2.24, 2.45) is 0 Å². The van der Waals surface area contributed by atoms with Gasteiger partial charge in [-0.3, -0.25) is 9.58 Å². The molecule has 1 fully saturated rings. The number of fused-ring (bicyclic) bond motifs is 1. The van der Waals surface area contributed by atoms with E-state index in [4.69, 9.17) is 4.74 Å². The minimum Gasteiger partial charge on any atom is -0.442 e. The maximum Gasteiger partial charge on any atom is 0.414 e. The molecule has 1 aliphatic heterocycles. The first-order chi connectivity index (χ1) is 12.2. The van der Waals surface area contributed by atoms with Gasteiger partial charge in [-0.15, -0.1) is 5.10 Å². The number of hydrogen-bond donors (Lipinski definition) is 0. The van der Waals surface area contributed by atoms with Crippen molar-refractivity contribution in [1.29, 1.82) is 0 Å². The van der Waals surface area contributed by atoms with Gasteiger partial charge in [-0.2, -0.15) is 5.10 Å². The van der Waals surface area contributed by atoms with E-state index in [-0.39, 0.29) is 12.2 Å². The Bertz CT molecular complexity index is 888. The average Bonchev–Trinajstić information content (AvgIpc) is 3.34. The Labute approximate surface area is 145 Å². The fourth-order valence-electron chi connectivity index (χ4n) is 3.10. The van der Waals surface area contributed by atoms with Crippen molar-refractivity contribution >= 4 is 22.7 Å². The zero-order valence-corrected chi connectivity index (χ0v) is 14.2. The first-order valence-corrected chi connectivity index (χ1v) is 8.45. The fraction of sp³-hybridized carbons (Fsp3) is 0.412. The summed E-state index contributed by atoms with van der Waals surface area (Å²) in [5.74, 6) is 0. The van der Waals surface area contributed by atoms with Crippen LogP contribution in [0.4, 0.5) is 10.5 Å². The van der Waals surface area contributed by atoms with Crippen LogP contribution in [-0.2, 0) is 11.3 Å². The average molecular weight is 340 g/mol. The van der Waals surface area contributed by atoms with Crippen LogP contribution in [0.15, 0.2) is 36.8 Å². The Morgan fingerprint density at radius 2 is 2.28 bits per heavy atom. The first kappa shape index (κ1) is 15.6. The van der Waals surface area contributed by atoms with Crippen LogP contribution in [0.2, 0.25) is 0 Å². The summed E-state index contributed by atoms with van der Waals surface area (Å²) >= 11 is 0. The molecule has 1 saturated heterocycles. The van der Waals surface area contributed by atoms with E-state index in [1.54, 1.807) is 22.0 Å². The molecule has 1 aliphatic rings. The normalized spacial score (nSPS) is 18.7. The molecule has 0 unspecified atom stereocenters. The van der Waals surface area contributed by atoms with Crippen molar-refractivity contribution in [3.63, 3.8) is 0 Å². The molecule has 0 N–H and O–H groups in total. The maximum absolute atomic E-state index is 12.2. The molecule has 1 aromatic carbocycles. The summed E-state index contributed by atoms with van der Waals surface area (Å²) < 4.78 is 9.14. The van der Waals surface area contributed by atoms with Crippen molar-refractivity contribution in [2.75, 3.05) is 11.4 Å². The van der Waals surface area contributed by atoms with Crippen LogP contribution in [0.1, 0.15) is 26.3 Å². The molecule has 0 radical (unpaired) electrons. The molecule has 0 saturated carbocycles. The zero-order chi connectivity index (χ0) is 17.4. The number of ether oxygens (including phenoxy) is 1. The maximum atomic E-state index is 12.2. The molecule has 0 spiro atoms. The summed E-state index contributed by atoms with van der Waals surface area (Å²) in [7, 11) is 0. The Kier molecular flexibility index (Phi) is 3.87. The van der Waals surface area contributed by atoms with Crippen molar-refractivity contribution in [3.05, 3.63) is 36.8 Å². The number of hydrogen-bond acceptors (Lipinski definition) is 5. The highest BCUT2D eigenvalue weighted by atomic mass is 16.6. The molecule has 1 amide bonds. The number of amides is 1. The van der Waals surface area contributed by atoms with Crippen LogP contribution >= 0.6 is 0 Å². The van der Waals surface area contributed by atoms with Crippen LogP contribution in [0, 0.1) is 0 Å². The molecular formula is C17H20N6O2. The lowest BCUT2D eigenvalue weighted by atomic mass is 10.2. The van der Waals surface area contributed by atoms with Crippen molar-refractivity contribution in [3.8, 4) is 0 Å². The van der Waals surface area contributed by atoms with Crippen molar-refractivity contribution in [2.45, 2.75) is 39.0 Å². The molecular weight excluding hydrogens is 320 g/mol. The minimum atomic E-state index is -0.334. The summed E-state index contributed by atoms with van der Waals surface area (Å²) in [5, 5.41) is 13.2. The number of aromatic nitrogens is 5. The van der Waals surface area contributed by atoms with Gasteiger partial charge in [0.25, 0.3) is 0 Å². The third-order valence-corrected chi connectivity index (χ3v) is 4.64. The van der Waals surface area contributed by atoms with Crippen LogP contribution in [0.25, 0.3) is 10.9 Å². The number of carbonyl (C=O) groups excluding carboxylic acids is 1. The SMILES string of the molecule is CC[C@H](C)n1ncc2cc(N3C[C@H](Cn4ccnn4)OC3=O)ccc21. The van der Waals surface area contributed by atoms with Crippen molar-refractivity contribution < 1.29 is 9.53 Å². The quantitative estimate of drug-likeness (QED) is 0.713. The van der Waals surface area contributed by atoms with E-state index in [1.807, 2.05) is 29.1 Å². The van der Waals surface area contributed by atoms with Gasteiger partial charge in [-0.05, 0) is 31.5 Å². The fourth-order valence-corrected chi connectivity index (χ4v) is 3.10. The highest BCUT2D eigenvalue weighted by Gasteiger charge is 2.33. The van der Waals surface area contributed by atoms with E-state index in [1.165, 1.54) is 0 Å². The van der Waals surface area contributed by atoms with Crippen LogP contribution in [-0.4, -0.2) is 43.5 Å². The van der Waals surface area contributed by atoms with Gasteiger partial charge in [0.2, 0.25) is 0 Å². The predicted molar refractivity (Wildman–Crippen MR) is 92.4 cm³/mol. The molecule has 8 nitrogen and oxygen atoms in total. The summed E-state index contributed by atoms with van der Waals surface area (Å²) in [6, 6.07) is 6.29. The topological polar surface area (TPSA) is 78.1 Å². The predicted octanol–water partition coefficient (Wildman–Crippen LogP) is 2.62. The smallest absolute Gasteiger partial charge is 0.414 e. The van der Waals surface area contributed by atoms with E-state index in [9.17, 15) is 4.79 Å². The lowest BCUT2D eigenvalue weighted by molar-refractivity contribution is 0.129. The molecule has 3 aromatic rings. The van der Waals surface area contributed by atoms with E-state index < -0.39 is 0 Å². The monoisotopic (exact) mass is 340 g/mol. The van der Waals surface area contributed by atoms with Gasteiger partial charge < -0.3 is 4.74 Å². The second-order valence-corrected chi connectivity index (χ2v) is 6.33. The Morgan fingerprint density at radius 1 is 1.40 bits per heavy atom. The van der Waals surface area contributed by atoms with E-state index in [0.717, 1.165) is 23.0 Å². The molecule has 2 aromatic heterocycles. The molecule has 3 heterocycles. The Hall–Kier alpha value is -2.90. The highest BCUT2D eigenvalue weighted by molar-refractivity contribution is 5.93. The standard InChI is InChI=1S/C17H20N6O2/c1-3-12(2)23-16-5-4-14(8-13(16)9-19-23)22-11-15(25-17(22)24)10-21-7-6-18-20-21/h4-9,12,15H,3,10-11H2,1-2H3/t12-,15-/m0/s1. The molecule has 25 heavy (non-hydrogen) atoms. The highest BCUT2D eigenvalue weighted by Crippen LogP contribution is 2.28. The van der Waals surface area contributed by atoms with Gasteiger partial charge in [0.15, 0.2) is 0 Å². The van der Waals surface area contributed by atoms with Gasteiger partial charge in [0.05, 0.1) is 31.0 Å². The minimum absolute atomic E-state index is 0.243. The summed E-state index contributed by atoms with van der Waals surface area (Å²) in [6.07, 6.45) is 5.65. The number of carbonyl (C=O) groups is 1. The van der Waals surface area contributed by atoms with Crippen LogP contribution in [0.3, 0.4) is 0 Å². The summed E-state index contributed by atoms with van der Waals surface area (Å²) in [4.78, 5) is 13.9. The van der Waals surface area contributed by atoms with E-state index in [0.29, 0.717) is 19.1 Å². The largest absolute Gasteiger partial charge is 0.442 e. The third kappa shape index (κ3) is 2.84. The molecule has 0 aliphatic carbocycles. The summed E-state index contributed by atoms with van der Waals surface area (Å²) in [6.45, 7) is 5.27.